The van der Waals surface area contributed by atoms with Gasteiger partial charge >= 0.3 is 0 Å². The molecule has 0 saturated carbocycles. The molecule has 2 N–H and O–H groups in total. The van der Waals surface area contributed by atoms with Crippen molar-refractivity contribution in [2.24, 2.45) is 0 Å². The number of allylic oxidation sites excluding steroid dienone is 2. The van der Waals surface area contributed by atoms with E-state index in [0.29, 0.717) is 47.4 Å². The topological polar surface area (TPSA) is 95.2 Å². The molecule has 0 unspecified atom stereocenters. The van der Waals surface area contributed by atoms with Crippen LogP contribution in [0.1, 0.15) is 68.7 Å². The number of aromatic nitrogens is 3. The fourth-order valence-electron chi connectivity index (χ4n) is 4.85. The summed E-state index contributed by atoms with van der Waals surface area (Å²) >= 11 is 6.68. The number of halogens is 1. The molecule has 1 aromatic carbocycles. The molecule has 0 amide bonds. The molecular weight excluding hydrogens is 498 g/mol. The highest BCUT2D eigenvalue weighted by atomic mass is 35.5. The molecule has 1 aliphatic rings. The molecule has 0 radical (unpaired) electrons. The van der Waals surface area contributed by atoms with Crippen LogP contribution in [0.4, 0.5) is 5.82 Å². The van der Waals surface area contributed by atoms with Crippen LogP contribution >= 0.6 is 11.6 Å². The van der Waals surface area contributed by atoms with Gasteiger partial charge in [-0.15, -0.1) is 0 Å². The first-order valence-corrected chi connectivity index (χ1v) is 13.4. The van der Waals surface area contributed by atoms with Gasteiger partial charge in [0.05, 0.1) is 29.1 Å². The second kappa shape index (κ2) is 11.6. The van der Waals surface area contributed by atoms with Crippen molar-refractivity contribution in [2.75, 3.05) is 11.5 Å². The van der Waals surface area contributed by atoms with Gasteiger partial charge in [-0.25, -0.2) is 9.97 Å². The minimum Gasteiger partial charge on any atom is -0.491 e. The van der Waals surface area contributed by atoms with E-state index in [1.165, 1.54) is 5.56 Å². The SMILES string of the molecule is CCC[C@@H](O)COc1ccc(Cl)c(-c2nc(C(C(C)=N)=C(C)C)c(C)c(N3Cc4ccc(C)nc4C3)n2)c1. The van der Waals surface area contributed by atoms with Crippen molar-refractivity contribution in [3.8, 4) is 17.1 Å². The Balaban J connectivity index is 1.82. The molecule has 1 aliphatic heterocycles. The van der Waals surface area contributed by atoms with Crippen LogP contribution in [0, 0.1) is 19.3 Å². The van der Waals surface area contributed by atoms with E-state index < -0.39 is 6.10 Å². The number of fused-ring (bicyclic) bond motifs is 1. The van der Waals surface area contributed by atoms with E-state index in [1.54, 1.807) is 19.1 Å². The van der Waals surface area contributed by atoms with E-state index >= 15 is 0 Å². The molecule has 38 heavy (non-hydrogen) atoms. The van der Waals surface area contributed by atoms with Crippen LogP contribution in [0.25, 0.3) is 17.0 Å². The van der Waals surface area contributed by atoms with Crippen molar-refractivity contribution < 1.29 is 9.84 Å². The molecule has 200 valence electrons. The first kappa shape index (κ1) is 27.7. The third kappa shape index (κ3) is 5.89. The largest absolute Gasteiger partial charge is 0.491 e. The van der Waals surface area contributed by atoms with Crippen LogP contribution in [-0.4, -0.2) is 38.5 Å². The number of nitrogens with zero attached hydrogens (tertiary/aromatic N) is 4. The fourth-order valence-corrected chi connectivity index (χ4v) is 5.05. The summed E-state index contributed by atoms with van der Waals surface area (Å²) in [4.78, 5) is 16.9. The number of rotatable bonds is 9. The van der Waals surface area contributed by atoms with Crippen LogP contribution < -0.4 is 9.64 Å². The number of pyridine rings is 1. The molecule has 0 aliphatic carbocycles. The summed E-state index contributed by atoms with van der Waals surface area (Å²) in [7, 11) is 0. The maximum atomic E-state index is 10.1. The van der Waals surface area contributed by atoms with Gasteiger partial charge in [0.1, 0.15) is 18.2 Å². The Kier molecular flexibility index (Phi) is 8.48. The first-order valence-electron chi connectivity index (χ1n) is 13.0. The van der Waals surface area contributed by atoms with Crippen LogP contribution in [0.15, 0.2) is 35.9 Å². The number of hydrogen-bond donors (Lipinski definition) is 2. The molecule has 3 aromatic rings. The van der Waals surface area contributed by atoms with Gasteiger partial charge in [-0.2, -0.15) is 0 Å². The second-order valence-electron chi connectivity index (χ2n) is 10.2. The smallest absolute Gasteiger partial charge is 0.163 e. The van der Waals surface area contributed by atoms with Crippen molar-refractivity contribution in [1.29, 1.82) is 5.41 Å². The highest BCUT2D eigenvalue weighted by molar-refractivity contribution is 6.33. The van der Waals surface area contributed by atoms with E-state index in [4.69, 9.17) is 36.7 Å². The summed E-state index contributed by atoms with van der Waals surface area (Å²) < 4.78 is 5.87. The monoisotopic (exact) mass is 533 g/mol. The highest BCUT2D eigenvalue weighted by Crippen LogP contribution is 2.37. The lowest BCUT2D eigenvalue weighted by Crippen LogP contribution is -2.20. The normalized spacial score (nSPS) is 13.3. The van der Waals surface area contributed by atoms with Crippen LogP contribution in [0.2, 0.25) is 5.02 Å². The molecule has 8 heteroatoms. The predicted octanol–water partition coefficient (Wildman–Crippen LogP) is 6.70. The van der Waals surface area contributed by atoms with E-state index in [0.717, 1.165) is 46.0 Å². The van der Waals surface area contributed by atoms with Crippen molar-refractivity contribution in [3.63, 3.8) is 0 Å². The first-order chi connectivity index (χ1) is 18.1. The minimum absolute atomic E-state index is 0.202. The van der Waals surface area contributed by atoms with Gasteiger partial charge in [-0.05, 0) is 70.9 Å². The van der Waals surface area contributed by atoms with Gasteiger partial charge in [0.15, 0.2) is 5.82 Å². The molecule has 1 atom stereocenters. The standard InChI is InChI=1S/C30H36ClN5O2/c1-7-8-22(37)16-38-23-11-12-25(31)24(13-23)29-34-28(27(17(2)3)20(6)32)19(5)30(35-29)36-14-21-10-9-18(4)33-26(21)15-36/h9-13,22,32,37H,7-8,14-16H2,1-6H3/t22-/m1/s1. The van der Waals surface area contributed by atoms with Crippen molar-refractivity contribution in [3.05, 3.63) is 69.1 Å². The highest BCUT2D eigenvalue weighted by Gasteiger charge is 2.27. The lowest BCUT2D eigenvalue weighted by atomic mass is 9.98. The Morgan fingerprint density at radius 3 is 2.55 bits per heavy atom. The number of nitrogens with one attached hydrogen (secondary N) is 1. The number of hydrogen-bond acceptors (Lipinski definition) is 7. The summed E-state index contributed by atoms with van der Waals surface area (Å²) in [5, 5.41) is 19.1. The lowest BCUT2D eigenvalue weighted by Gasteiger charge is -2.23. The van der Waals surface area contributed by atoms with Crippen molar-refractivity contribution >= 4 is 28.7 Å². The van der Waals surface area contributed by atoms with Crippen molar-refractivity contribution in [1.82, 2.24) is 15.0 Å². The second-order valence-corrected chi connectivity index (χ2v) is 10.6. The van der Waals surface area contributed by atoms with E-state index in [9.17, 15) is 5.11 Å². The maximum Gasteiger partial charge on any atom is 0.163 e. The summed E-state index contributed by atoms with van der Waals surface area (Å²) in [6.45, 7) is 13.4. The zero-order chi connectivity index (χ0) is 27.6. The van der Waals surface area contributed by atoms with Crippen LogP contribution in [0.3, 0.4) is 0 Å². The number of aliphatic hydroxyl groups excluding tert-OH is 1. The molecule has 2 aromatic heterocycles. The Bertz CT molecular complexity index is 1400. The Morgan fingerprint density at radius 1 is 1.11 bits per heavy atom. The Labute approximate surface area is 230 Å². The van der Waals surface area contributed by atoms with Gasteiger partial charge in [-0.3, -0.25) is 4.98 Å². The molecule has 0 fully saturated rings. The van der Waals surface area contributed by atoms with Crippen molar-refractivity contribution in [2.45, 2.75) is 73.6 Å². The molecule has 4 rings (SSSR count). The Hall–Kier alpha value is -3.29. The zero-order valence-corrected chi connectivity index (χ0v) is 23.8. The average molecular weight is 534 g/mol. The molecule has 0 bridgehead atoms. The minimum atomic E-state index is -0.530. The predicted molar refractivity (Wildman–Crippen MR) is 154 cm³/mol. The van der Waals surface area contributed by atoms with E-state index in [-0.39, 0.29) is 6.61 Å². The third-order valence-electron chi connectivity index (χ3n) is 6.68. The number of benzene rings is 1. The van der Waals surface area contributed by atoms with Gasteiger partial charge in [0.25, 0.3) is 0 Å². The summed E-state index contributed by atoms with van der Waals surface area (Å²) in [5.41, 5.74) is 7.74. The van der Waals surface area contributed by atoms with Gasteiger partial charge < -0.3 is 20.2 Å². The molecule has 7 nitrogen and oxygen atoms in total. The third-order valence-corrected chi connectivity index (χ3v) is 7.01. The fraction of sp³-hybridized carbons (Fsp3) is 0.400. The summed E-state index contributed by atoms with van der Waals surface area (Å²) in [5.74, 6) is 1.84. The number of aliphatic hydroxyl groups is 1. The summed E-state index contributed by atoms with van der Waals surface area (Å²) in [6, 6.07) is 9.54. The molecule has 0 saturated heterocycles. The quantitative estimate of drug-likeness (QED) is 0.297. The van der Waals surface area contributed by atoms with Crippen LogP contribution in [-0.2, 0) is 13.1 Å². The van der Waals surface area contributed by atoms with Gasteiger partial charge in [0.2, 0.25) is 0 Å². The summed E-state index contributed by atoms with van der Waals surface area (Å²) in [6.07, 6.45) is 1.03. The van der Waals surface area contributed by atoms with Gasteiger partial charge in [-0.1, -0.05) is 36.6 Å². The molecule has 0 spiro atoms. The molecule has 3 heterocycles. The average Bonchev–Trinajstić information content (AvgIpc) is 3.27. The zero-order valence-electron chi connectivity index (χ0n) is 23.0. The number of ether oxygens (including phenoxy) is 1. The number of aryl methyl sites for hydroxylation is 1. The maximum absolute atomic E-state index is 10.1. The Morgan fingerprint density at radius 2 is 1.87 bits per heavy atom. The van der Waals surface area contributed by atoms with E-state index in [1.807, 2.05) is 46.8 Å². The van der Waals surface area contributed by atoms with E-state index in [2.05, 4.69) is 11.0 Å². The van der Waals surface area contributed by atoms with Gasteiger partial charge in [0, 0.05) is 34.7 Å². The number of anilines is 1. The van der Waals surface area contributed by atoms with Crippen LogP contribution in [0.5, 0.6) is 5.75 Å². The molecular formula is C30H36ClN5O2. The lowest BCUT2D eigenvalue weighted by molar-refractivity contribution is 0.0994.